The Bertz CT molecular complexity index is 532. The van der Waals surface area contributed by atoms with Crippen LogP contribution < -0.4 is 26.6 Å². The van der Waals surface area contributed by atoms with Crippen molar-refractivity contribution in [3.05, 3.63) is 0 Å². The number of urea groups is 1. The Balaban J connectivity index is 1.39. The normalized spacial score (nSPS) is 35.5. The molecule has 3 aliphatic rings. The number of esters is 1. The van der Waals surface area contributed by atoms with E-state index in [0.29, 0.717) is 13.0 Å². The SMILES string of the molecule is COC(=O)CCNC1CC(C)NC(NC(=O)NC2CCC3CCCCC3C2)N1. The van der Waals surface area contributed by atoms with Gasteiger partial charge in [-0.2, -0.15) is 0 Å². The van der Waals surface area contributed by atoms with Crippen molar-refractivity contribution in [3.8, 4) is 0 Å². The van der Waals surface area contributed by atoms with Gasteiger partial charge in [-0.15, -0.1) is 0 Å². The van der Waals surface area contributed by atoms with Crippen LogP contribution in [-0.2, 0) is 9.53 Å². The molecule has 160 valence electrons. The molecule has 3 rings (SSSR count). The molecule has 0 aromatic heterocycles. The molecule has 1 heterocycles. The fraction of sp³-hybridized carbons (Fsp3) is 0.900. The minimum absolute atomic E-state index is 0.0314. The average molecular weight is 396 g/mol. The summed E-state index contributed by atoms with van der Waals surface area (Å²) in [7, 11) is 1.40. The summed E-state index contributed by atoms with van der Waals surface area (Å²) < 4.78 is 4.66. The van der Waals surface area contributed by atoms with Crippen LogP contribution in [0.25, 0.3) is 0 Å². The average Bonchev–Trinajstić information content (AvgIpc) is 2.67. The third-order valence-corrected chi connectivity index (χ3v) is 6.51. The van der Waals surface area contributed by atoms with E-state index in [1.54, 1.807) is 0 Å². The van der Waals surface area contributed by atoms with Crippen molar-refractivity contribution in [2.75, 3.05) is 13.7 Å². The largest absolute Gasteiger partial charge is 0.469 e. The monoisotopic (exact) mass is 395 g/mol. The predicted octanol–water partition coefficient (Wildman–Crippen LogP) is 1.38. The van der Waals surface area contributed by atoms with Crippen LogP contribution in [0.15, 0.2) is 0 Å². The maximum atomic E-state index is 12.5. The number of ether oxygens (including phenoxy) is 1. The Morgan fingerprint density at radius 3 is 2.57 bits per heavy atom. The third-order valence-electron chi connectivity index (χ3n) is 6.51. The molecule has 0 bridgehead atoms. The number of fused-ring (bicyclic) bond motifs is 1. The van der Waals surface area contributed by atoms with E-state index in [4.69, 9.17) is 0 Å². The first kappa shape index (κ1) is 21.3. The third kappa shape index (κ3) is 6.32. The zero-order valence-electron chi connectivity index (χ0n) is 17.3. The summed E-state index contributed by atoms with van der Waals surface area (Å²) in [5, 5.41) is 16.2. The molecule has 2 saturated carbocycles. The highest BCUT2D eigenvalue weighted by molar-refractivity contribution is 5.74. The summed E-state index contributed by atoms with van der Waals surface area (Å²) in [6.07, 6.45) is 9.82. The quantitative estimate of drug-likeness (QED) is 0.435. The van der Waals surface area contributed by atoms with E-state index >= 15 is 0 Å². The molecule has 0 aromatic carbocycles. The Kier molecular flexibility index (Phi) is 7.93. The second kappa shape index (κ2) is 10.4. The summed E-state index contributed by atoms with van der Waals surface area (Å²) in [4.78, 5) is 23.8. The summed E-state index contributed by atoms with van der Waals surface area (Å²) >= 11 is 0. The van der Waals surface area contributed by atoms with Crippen LogP contribution in [0.5, 0.6) is 0 Å². The van der Waals surface area contributed by atoms with Gasteiger partial charge in [0.2, 0.25) is 0 Å². The number of rotatable bonds is 6. The van der Waals surface area contributed by atoms with Gasteiger partial charge in [0.15, 0.2) is 0 Å². The molecule has 1 aliphatic heterocycles. The van der Waals surface area contributed by atoms with E-state index in [-0.39, 0.29) is 36.5 Å². The molecule has 2 amide bonds. The van der Waals surface area contributed by atoms with Crippen molar-refractivity contribution in [1.29, 1.82) is 0 Å². The van der Waals surface area contributed by atoms with Crippen molar-refractivity contribution < 1.29 is 14.3 Å². The lowest BCUT2D eigenvalue weighted by molar-refractivity contribution is -0.140. The van der Waals surface area contributed by atoms with Gasteiger partial charge in [-0.05, 0) is 44.4 Å². The van der Waals surface area contributed by atoms with Gasteiger partial charge in [-0.3, -0.25) is 15.4 Å². The Morgan fingerprint density at radius 1 is 1.00 bits per heavy atom. The summed E-state index contributed by atoms with van der Waals surface area (Å²) in [5.41, 5.74) is 0. The number of hydrogen-bond donors (Lipinski definition) is 5. The van der Waals surface area contributed by atoms with Crippen molar-refractivity contribution in [2.24, 2.45) is 11.8 Å². The van der Waals surface area contributed by atoms with Crippen LogP contribution in [0.2, 0.25) is 0 Å². The van der Waals surface area contributed by atoms with Crippen molar-refractivity contribution in [3.63, 3.8) is 0 Å². The molecule has 2 aliphatic carbocycles. The van der Waals surface area contributed by atoms with Gasteiger partial charge in [-0.25, -0.2) is 4.79 Å². The zero-order valence-corrected chi connectivity index (χ0v) is 17.3. The summed E-state index contributed by atoms with van der Waals surface area (Å²) in [6, 6.07) is 0.417. The van der Waals surface area contributed by atoms with E-state index in [1.165, 1.54) is 39.2 Å². The zero-order chi connectivity index (χ0) is 19.9. The molecule has 1 saturated heterocycles. The Hall–Kier alpha value is -1.38. The van der Waals surface area contributed by atoms with Gasteiger partial charge in [0.1, 0.15) is 6.29 Å². The van der Waals surface area contributed by atoms with Gasteiger partial charge in [-0.1, -0.05) is 25.7 Å². The first-order valence-electron chi connectivity index (χ1n) is 10.9. The van der Waals surface area contributed by atoms with Crippen LogP contribution in [0.4, 0.5) is 4.79 Å². The van der Waals surface area contributed by atoms with Crippen LogP contribution in [0.1, 0.15) is 64.7 Å². The minimum Gasteiger partial charge on any atom is -0.469 e. The molecule has 0 aromatic rings. The van der Waals surface area contributed by atoms with E-state index in [2.05, 4.69) is 38.2 Å². The molecule has 5 N–H and O–H groups in total. The van der Waals surface area contributed by atoms with E-state index in [1.807, 2.05) is 0 Å². The maximum absolute atomic E-state index is 12.5. The molecule has 6 unspecified atom stereocenters. The molecule has 8 nitrogen and oxygen atoms in total. The molecule has 3 fully saturated rings. The Labute approximate surface area is 168 Å². The summed E-state index contributed by atoms with van der Waals surface area (Å²) in [6.45, 7) is 2.63. The van der Waals surface area contributed by atoms with Crippen LogP contribution >= 0.6 is 0 Å². The van der Waals surface area contributed by atoms with E-state index < -0.39 is 0 Å². The second-order valence-electron chi connectivity index (χ2n) is 8.67. The minimum atomic E-state index is -0.301. The number of hydrogen-bond acceptors (Lipinski definition) is 6. The molecule has 6 atom stereocenters. The van der Waals surface area contributed by atoms with Crippen molar-refractivity contribution in [2.45, 2.75) is 89.3 Å². The molecule has 0 radical (unpaired) electrons. The standard InChI is InChI=1S/C20H37N5O3/c1-13-11-17(21-10-9-18(26)28-2)24-19(22-13)25-20(27)23-16-8-7-14-5-3-4-6-15(14)12-16/h13-17,19,21-22,24H,3-12H2,1-2H3,(H2,23,25,27). The van der Waals surface area contributed by atoms with E-state index in [9.17, 15) is 9.59 Å². The predicted molar refractivity (Wildman–Crippen MR) is 107 cm³/mol. The lowest BCUT2D eigenvalue weighted by Gasteiger charge is -2.40. The van der Waals surface area contributed by atoms with Crippen molar-refractivity contribution >= 4 is 12.0 Å². The fourth-order valence-electron chi connectivity index (χ4n) is 5.06. The topological polar surface area (TPSA) is 104 Å². The lowest BCUT2D eigenvalue weighted by atomic mass is 9.69. The highest BCUT2D eigenvalue weighted by atomic mass is 16.5. The van der Waals surface area contributed by atoms with Crippen molar-refractivity contribution in [1.82, 2.24) is 26.6 Å². The Morgan fingerprint density at radius 2 is 1.79 bits per heavy atom. The molecular weight excluding hydrogens is 358 g/mol. The fourth-order valence-corrected chi connectivity index (χ4v) is 5.06. The van der Waals surface area contributed by atoms with Gasteiger partial charge in [0.25, 0.3) is 0 Å². The first-order chi connectivity index (χ1) is 13.5. The van der Waals surface area contributed by atoms with E-state index in [0.717, 1.165) is 31.1 Å². The maximum Gasteiger partial charge on any atom is 0.317 e. The van der Waals surface area contributed by atoms with Gasteiger partial charge < -0.3 is 20.7 Å². The highest BCUT2D eigenvalue weighted by Gasteiger charge is 2.33. The first-order valence-corrected chi connectivity index (χ1v) is 10.9. The second-order valence-corrected chi connectivity index (χ2v) is 8.67. The number of amides is 2. The van der Waals surface area contributed by atoms with Gasteiger partial charge in [0.05, 0.1) is 19.7 Å². The number of nitrogens with one attached hydrogen (secondary N) is 5. The smallest absolute Gasteiger partial charge is 0.317 e. The molecule has 8 heteroatoms. The molecular formula is C20H37N5O3. The molecule has 28 heavy (non-hydrogen) atoms. The number of carbonyl (C=O) groups is 2. The summed E-state index contributed by atoms with van der Waals surface area (Å²) in [5.74, 6) is 1.45. The highest BCUT2D eigenvalue weighted by Crippen LogP contribution is 2.40. The molecule has 0 spiro atoms. The van der Waals surface area contributed by atoms with Crippen LogP contribution in [0, 0.1) is 11.8 Å². The lowest BCUT2D eigenvalue weighted by Crippen LogP contribution is -2.68. The van der Waals surface area contributed by atoms with Gasteiger partial charge in [0, 0.05) is 18.6 Å². The van der Waals surface area contributed by atoms with Crippen LogP contribution in [0.3, 0.4) is 0 Å². The number of carbonyl (C=O) groups excluding carboxylic acids is 2. The van der Waals surface area contributed by atoms with Crippen LogP contribution in [-0.4, -0.2) is 50.2 Å². The number of methoxy groups -OCH3 is 1. The van der Waals surface area contributed by atoms with Gasteiger partial charge >= 0.3 is 12.0 Å².